The van der Waals surface area contributed by atoms with Crippen LogP contribution in [0.1, 0.15) is 23.6 Å². The normalized spacial score (nSPS) is 15.7. The number of hydrazone groups is 1. The van der Waals surface area contributed by atoms with Crippen LogP contribution < -0.4 is 9.75 Å². The van der Waals surface area contributed by atoms with Crippen molar-refractivity contribution >= 4 is 22.2 Å². The lowest BCUT2D eigenvalue weighted by molar-refractivity contribution is 0.415. The Balaban J connectivity index is 1.52. The summed E-state index contributed by atoms with van der Waals surface area (Å²) >= 11 is 1.56. The lowest BCUT2D eigenvalue weighted by atomic mass is 9.98. The fraction of sp³-hybridized carbons (Fsp3) is 0.120. The molecule has 0 fully saturated rings. The maximum absolute atomic E-state index is 13.5. The van der Waals surface area contributed by atoms with Gasteiger partial charge in [-0.1, -0.05) is 42.5 Å². The highest BCUT2D eigenvalue weighted by molar-refractivity contribution is 7.14. The lowest BCUT2D eigenvalue weighted by Crippen LogP contribution is -2.18. The number of halogens is 1. The van der Waals surface area contributed by atoms with Crippen molar-refractivity contribution in [2.24, 2.45) is 5.10 Å². The minimum atomic E-state index is -0.245. The van der Waals surface area contributed by atoms with Crippen molar-refractivity contribution in [3.8, 4) is 17.0 Å². The number of methoxy groups -OCH3 is 1. The fourth-order valence-electron chi connectivity index (χ4n) is 3.70. The van der Waals surface area contributed by atoms with Gasteiger partial charge in [-0.25, -0.2) is 14.4 Å². The van der Waals surface area contributed by atoms with Crippen LogP contribution in [0, 0.1) is 5.82 Å². The SMILES string of the molecule is COc1ccc(C2=NN(c3nc(-c4ccccc4)cs3)C(c3ccc(F)cc3)C2)cc1. The van der Waals surface area contributed by atoms with Crippen LogP contribution in [-0.2, 0) is 0 Å². The van der Waals surface area contributed by atoms with Crippen LogP contribution in [-0.4, -0.2) is 17.8 Å². The molecule has 0 amide bonds. The van der Waals surface area contributed by atoms with Crippen LogP contribution in [0.4, 0.5) is 9.52 Å². The van der Waals surface area contributed by atoms with Gasteiger partial charge >= 0.3 is 0 Å². The quantitative estimate of drug-likeness (QED) is 0.373. The second-order valence-electron chi connectivity index (χ2n) is 7.27. The van der Waals surface area contributed by atoms with Crippen LogP contribution in [0.25, 0.3) is 11.3 Å². The molecule has 1 aliphatic rings. The standard InChI is InChI=1S/C25H20FN3OS/c1-30-21-13-9-18(10-14-21)22-15-24(19-7-11-20(26)12-8-19)29(28-22)25-27-23(16-31-25)17-5-3-2-4-6-17/h2-14,16,24H,15H2,1H3. The van der Waals surface area contributed by atoms with Gasteiger partial charge in [-0.05, 0) is 47.5 Å². The average Bonchev–Trinajstić information content (AvgIpc) is 3.48. The molecule has 6 heteroatoms. The van der Waals surface area contributed by atoms with E-state index in [4.69, 9.17) is 14.8 Å². The molecule has 0 saturated heterocycles. The maximum atomic E-state index is 13.5. The molecular weight excluding hydrogens is 409 g/mol. The van der Waals surface area contributed by atoms with Gasteiger partial charge in [0.15, 0.2) is 0 Å². The number of anilines is 1. The third-order valence-electron chi connectivity index (χ3n) is 5.35. The molecular formula is C25H20FN3OS. The van der Waals surface area contributed by atoms with E-state index in [-0.39, 0.29) is 11.9 Å². The first kappa shape index (κ1) is 19.5. The van der Waals surface area contributed by atoms with E-state index >= 15 is 0 Å². The number of hydrogen-bond acceptors (Lipinski definition) is 5. The van der Waals surface area contributed by atoms with Crippen molar-refractivity contribution in [2.75, 3.05) is 12.1 Å². The Morgan fingerprint density at radius 1 is 0.935 bits per heavy atom. The Labute approximate surface area is 184 Å². The summed E-state index contributed by atoms with van der Waals surface area (Å²) in [5.41, 5.74) is 5.00. The highest BCUT2D eigenvalue weighted by Gasteiger charge is 2.31. The second kappa shape index (κ2) is 8.32. The minimum Gasteiger partial charge on any atom is -0.497 e. The van der Waals surface area contributed by atoms with Crippen LogP contribution in [0.3, 0.4) is 0 Å². The monoisotopic (exact) mass is 429 g/mol. The Hall–Kier alpha value is -3.51. The van der Waals surface area contributed by atoms with Crippen LogP contribution >= 0.6 is 11.3 Å². The molecule has 1 unspecified atom stereocenters. The molecule has 4 nitrogen and oxygen atoms in total. The summed E-state index contributed by atoms with van der Waals surface area (Å²) in [6.45, 7) is 0. The van der Waals surface area contributed by atoms with Crippen molar-refractivity contribution < 1.29 is 9.13 Å². The number of hydrogen-bond donors (Lipinski definition) is 0. The van der Waals surface area contributed by atoms with Crippen molar-refractivity contribution in [3.63, 3.8) is 0 Å². The molecule has 0 aliphatic carbocycles. The Morgan fingerprint density at radius 3 is 2.39 bits per heavy atom. The van der Waals surface area contributed by atoms with Crippen molar-refractivity contribution in [3.05, 3.63) is 101 Å². The Morgan fingerprint density at radius 2 is 1.68 bits per heavy atom. The van der Waals surface area contributed by atoms with Crippen molar-refractivity contribution in [1.29, 1.82) is 0 Å². The van der Waals surface area contributed by atoms with Gasteiger partial charge in [0.05, 0.1) is 24.6 Å². The van der Waals surface area contributed by atoms with E-state index in [0.29, 0.717) is 6.42 Å². The first-order valence-electron chi connectivity index (χ1n) is 9.99. The largest absolute Gasteiger partial charge is 0.497 e. The summed E-state index contributed by atoms with van der Waals surface area (Å²) in [6.07, 6.45) is 0.707. The van der Waals surface area contributed by atoms with Gasteiger partial charge in [-0.15, -0.1) is 11.3 Å². The Bertz CT molecular complexity index is 1200. The van der Waals surface area contributed by atoms with Crippen molar-refractivity contribution in [2.45, 2.75) is 12.5 Å². The van der Waals surface area contributed by atoms with Gasteiger partial charge in [0, 0.05) is 17.4 Å². The van der Waals surface area contributed by atoms with Gasteiger partial charge in [0.1, 0.15) is 11.6 Å². The van der Waals surface area contributed by atoms with E-state index in [2.05, 4.69) is 0 Å². The molecule has 4 aromatic rings. The molecule has 31 heavy (non-hydrogen) atoms. The molecule has 3 aromatic carbocycles. The molecule has 1 aliphatic heterocycles. The number of ether oxygens (including phenoxy) is 1. The molecule has 1 aromatic heterocycles. The third-order valence-corrected chi connectivity index (χ3v) is 6.18. The number of benzene rings is 3. The summed E-state index contributed by atoms with van der Waals surface area (Å²) in [6, 6.07) is 24.6. The van der Waals surface area contributed by atoms with Crippen LogP contribution in [0.2, 0.25) is 0 Å². The highest BCUT2D eigenvalue weighted by atomic mass is 32.1. The minimum absolute atomic E-state index is 0.0486. The molecule has 0 saturated carbocycles. The summed E-state index contributed by atoms with van der Waals surface area (Å²) < 4.78 is 18.8. The molecule has 0 radical (unpaired) electrons. The molecule has 5 rings (SSSR count). The molecule has 1 atom stereocenters. The maximum Gasteiger partial charge on any atom is 0.207 e. The predicted molar refractivity (Wildman–Crippen MR) is 123 cm³/mol. The third kappa shape index (κ3) is 3.94. The number of aromatic nitrogens is 1. The molecule has 154 valence electrons. The molecule has 2 heterocycles. The number of thiazole rings is 1. The first-order chi connectivity index (χ1) is 15.2. The van der Waals surface area contributed by atoms with Crippen LogP contribution in [0.15, 0.2) is 89.3 Å². The zero-order valence-electron chi connectivity index (χ0n) is 16.9. The summed E-state index contributed by atoms with van der Waals surface area (Å²) in [5, 5.41) is 9.76. The number of rotatable bonds is 5. The van der Waals surface area contributed by atoms with Gasteiger partial charge in [0.2, 0.25) is 5.13 Å². The Kier molecular flexibility index (Phi) is 5.22. The predicted octanol–water partition coefficient (Wildman–Crippen LogP) is 6.31. The zero-order chi connectivity index (χ0) is 21.2. The fourth-order valence-corrected chi connectivity index (χ4v) is 4.53. The summed E-state index contributed by atoms with van der Waals surface area (Å²) in [4.78, 5) is 4.85. The van der Waals surface area contributed by atoms with Gasteiger partial charge in [0.25, 0.3) is 0 Å². The van der Waals surface area contributed by atoms with Gasteiger partial charge < -0.3 is 4.74 Å². The average molecular weight is 430 g/mol. The summed E-state index contributed by atoms with van der Waals surface area (Å²) in [7, 11) is 1.65. The van der Waals surface area contributed by atoms with E-state index in [9.17, 15) is 4.39 Å². The zero-order valence-corrected chi connectivity index (χ0v) is 17.7. The van der Waals surface area contributed by atoms with E-state index < -0.39 is 0 Å². The first-order valence-corrected chi connectivity index (χ1v) is 10.9. The second-order valence-corrected chi connectivity index (χ2v) is 8.11. The van der Waals surface area contributed by atoms with Gasteiger partial charge in [-0.2, -0.15) is 5.10 Å². The van der Waals surface area contributed by atoms with Gasteiger partial charge in [-0.3, -0.25) is 0 Å². The lowest BCUT2D eigenvalue weighted by Gasteiger charge is -2.21. The molecule has 0 N–H and O–H groups in total. The highest BCUT2D eigenvalue weighted by Crippen LogP contribution is 2.39. The van der Waals surface area contributed by atoms with Crippen molar-refractivity contribution in [1.82, 2.24) is 4.98 Å². The van der Waals surface area contributed by atoms with E-state index in [1.165, 1.54) is 12.1 Å². The van der Waals surface area contributed by atoms with E-state index in [1.54, 1.807) is 18.4 Å². The number of nitrogens with zero attached hydrogens (tertiary/aromatic N) is 3. The van der Waals surface area contributed by atoms with E-state index in [0.717, 1.165) is 39.0 Å². The van der Waals surface area contributed by atoms with Crippen LogP contribution in [0.5, 0.6) is 5.75 Å². The topological polar surface area (TPSA) is 37.7 Å². The molecule has 0 bridgehead atoms. The van der Waals surface area contributed by atoms with E-state index in [1.807, 2.05) is 77.1 Å². The molecule has 0 spiro atoms. The summed E-state index contributed by atoms with van der Waals surface area (Å²) in [5.74, 6) is 0.562. The smallest absolute Gasteiger partial charge is 0.207 e.